The van der Waals surface area contributed by atoms with Gasteiger partial charge in [0.15, 0.2) is 0 Å². The molecule has 1 heterocycles. The number of carbonyl (C=O) groups is 2. The summed E-state index contributed by atoms with van der Waals surface area (Å²) in [6.07, 6.45) is 5.05. The van der Waals surface area contributed by atoms with E-state index in [-0.39, 0.29) is 5.69 Å². The third-order valence-corrected chi connectivity index (χ3v) is 4.07. The average molecular weight is 376 g/mol. The smallest absolute Gasteiger partial charge is 0.337 e. The Bertz CT molecular complexity index is 763. The maximum absolute atomic E-state index is 12.4. The van der Waals surface area contributed by atoms with Gasteiger partial charge in [0.1, 0.15) is 5.69 Å². The van der Waals surface area contributed by atoms with E-state index in [2.05, 4.69) is 27.3 Å². The normalized spacial score (nSPS) is 10.3. The van der Waals surface area contributed by atoms with E-state index in [9.17, 15) is 9.59 Å². The molecular weight excluding hydrogens is 354 g/mol. The van der Waals surface area contributed by atoms with Crippen LogP contribution in [0, 0.1) is 0 Å². The number of carbonyl (C=O) groups excluding carboxylic acids is 2. The second-order valence-corrected chi connectivity index (χ2v) is 6.11. The van der Waals surface area contributed by atoms with Crippen molar-refractivity contribution in [3.05, 3.63) is 52.8 Å². The third-order valence-electron chi connectivity index (χ3n) is 3.74. The molecule has 2 aromatic rings. The summed E-state index contributed by atoms with van der Waals surface area (Å²) < 4.78 is 4.67. The lowest BCUT2D eigenvalue weighted by Gasteiger charge is -2.09. The fourth-order valence-electron chi connectivity index (χ4n) is 2.29. The molecule has 26 heavy (non-hydrogen) atoms. The number of nitrogens with zero attached hydrogens (tertiary/aromatic N) is 1. The maximum atomic E-state index is 12.4. The number of rotatable bonds is 8. The van der Waals surface area contributed by atoms with Crippen LogP contribution in [0.1, 0.15) is 47.0 Å². The molecule has 6 nitrogen and oxygen atoms in total. The van der Waals surface area contributed by atoms with Crippen LogP contribution in [-0.4, -0.2) is 30.5 Å². The van der Waals surface area contributed by atoms with Gasteiger partial charge >= 0.3 is 5.97 Å². The highest BCUT2D eigenvalue weighted by atomic mass is 35.5. The Hall–Kier alpha value is -2.60. The quantitative estimate of drug-likeness (QED) is 0.528. The van der Waals surface area contributed by atoms with Crippen molar-refractivity contribution in [1.29, 1.82) is 0 Å². The Morgan fingerprint density at radius 1 is 1.19 bits per heavy atom. The van der Waals surface area contributed by atoms with Gasteiger partial charge in [0.25, 0.3) is 5.91 Å². The van der Waals surface area contributed by atoms with Gasteiger partial charge in [0.2, 0.25) is 0 Å². The molecule has 2 rings (SSSR count). The van der Waals surface area contributed by atoms with Gasteiger partial charge in [-0.25, -0.2) is 9.78 Å². The van der Waals surface area contributed by atoms with E-state index in [1.807, 2.05) is 0 Å². The highest BCUT2D eigenvalue weighted by Crippen LogP contribution is 2.24. The minimum atomic E-state index is -0.506. The molecule has 0 saturated carbocycles. The fraction of sp³-hybridized carbons (Fsp3) is 0.316. The number of halogens is 1. The lowest BCUT2D eigenvalue weighted by molar-refractivity contribution is 0.0600. The Kier molecular flexibility index (Phi) is 7.41. The minimum absolute atomic E-state index is 0.253. The summed E-state index contributed by atoms with van der Waals surface area (Å²) in [6.45, 7) is 3.03. The molecule has 1 aromatic heterocycles. The summed E-state index contributed by atoms with van der Waals surface area (Å²) in [6, 6.07) is 7.97. The molecule has 1 aromatic carbocycles. The second-order valence-electron chi connectivity index (χ2n) is 5.71. The number of esters is 1. The van der Waals surface area contributed by atoms with Gasteiger partial charge in [-0.05, 0) is 36.8 Å². The van der Waals surface area contributed by atoms with Crippen LogP contribution < -0.4 is 10.6 Å². The van der Waals surface area contributed by atoms with Gasteiger partial charge in [-0.15, -0.1) is 0 Å². The molecule has 2 N–H and O–H groups in total. The topological polar surface area (TPSA) is 80.3 Å². The zero-order valence-corrected chi connectivity index (χ0v) is 15.6. The van der Waals surface area contributed by atoms with Crippen molar-refractivity contribution in [2.75, 3.05) is 24.3 Å². The third kappa shape index (κ3) is 5.46. The molecule has 0 atom stereocenters. The standard InChI is InChI=1S/C19H22ClN3O3/c1-3-4-5-10-21-14-7-9-16(22-12-14)18(24)23-17-11-13(19(25)26-2)6-8-15(17)20/h6-9,11-12,21H,3-5,10H2,1-2H3,(H,23,24). The van der Waals surface area contributed by atoms with Crippen molar-refractivity contribution >= 4 is 34.9 Å². The summed E-state index contributed by atoms with van der Waals surface area (Å²) in [5, 5.41) is 6.25. The number of unbranched alkanes of at least 4 members (excludes halogenated alkanes) is 2. The summed E-state index contributed by atoms with van der Waals surface area (Å²) in [5.41, 5.74) is 1.74. The number of aromatic nitrogens is 1. The summed E-state index contributed by atoms with van der Waals surface area (Å²) in [7, 11) is 1.29. The molecule has 138 valence electrons. The first kappa shape index (κ1) is 19.7. The first-order valence-corrected chi connectivity index (χ1v) is 8.82. The molecule has 0 saturated heterocycles. The summed E-state index contributed by atoms with van der Waals surface area (Å²) >= 11 is 6.09. The first-order chi connectivity index (χ1) is 12.5. The molecule has 0 unspecified atom stereocenters. The molecule has 0 aliphatic heterocycles. The molecular formula is C19H22ClN3O3. The van der Waals surface area contributed by atoms with Crippen LogP contribution in [0.15, 0.2) is 36.5 Å². The van der Waals surface area contributed by atoms with Crippen LogP contribution >= 0.6 is 11.6 Å². The zero-order valence-electron chi connectivity index (χ0n) is 14.8. The van der Waals surface area contributed by atoms with E-state index in [4.69, 9.17) is 11.6 Å². The van der Waals surface area contributed by atoms with Crippen molar-refractivity contribution in [3.63, 3.8) is 0 Å². The monoisotopic (exact) mass is 375 g/mol. The minimum Gasteiger partial charge on any atom is -0.465 e. The Labute approximate surface area is 157 Å². The van der Waals surface area contributed by atoms with Crippen molar-refractivity contribution < 1.29 is 14.3 Å². The molecule has 7 heteroatoms. The predicted octanol–water partition coefficient (Wildman–Crippen LogP) is 4.38. The number of amides is 1. The van der Waals surface area contributed by atoms with E-state index in [0.717, 1.165) is 18.7 Å². The van der Waals surface area contributed by atoms with Crippen molar-refractivity contribution in [1.82, 2.24) is 4.98 Å². The molecule has 0 aliphatic rings. The SMILES string of the molecule is CCCCCNc1ccc(C(=O)Nc2cc(C(=O)OC)ccc2Cl)nc1. The number of nitrogens with one attached hydrogen (secondary N) is 2. The van der Waals surface area contributed by atoms with E-state index in [1.54, 1.807) is 18.3 Å². The van der Waals surface area contributed by atoms with Crippen molar-refractivity contribution in [2.24, 2.45) is 0 Å². The second kappa shape index (κ2) is 9.77. The highest BCUT2D eigenvalue weighted by molar-refractivity contribution is 6.34. The number of ether oxygens (including phenoxy) is 1. The number of anilines is 2. The van der Waals surface area contributed by atoms with Gasteiger partial charge in [0.05, 0.1) is 35.3 Å². The van der Waals surface area contributed by atoms with Crippen LogP contribution in [0.4, 0.5) is 11.4 Å². The summed E-state index contributed by atoms with van der Waals surface area (Å²) in [4.78, 5) is 28.1. The largest absolute Gasteiger partial charge is 0.465 e. The molecule has 0 fully saturated rings. The average Bonchev–Trinajstić information content (AvgIpc) is 2.66. The van der Waals surface area contributed by atoms with Gasteiger partial charge < -0.3 is 15.4 Å². The number of pyridine rings is 1. The van der Waals surface area contributed by atoms with Gasteiger partial charge in [-0.1, -0.05) is 31.4 Å². The van der Waals surface area contributed by atoms with E-state index < -0.39 is 11.9 Å². The summed E-state index contributed by atoms with van der Waals surface area (Å²) in [5.74, 6) is -0.916. The number of methoxy groups -OCH3 is 1. The molecule has 1 amide bonds. The Morgan fingerprint density at radius 3 is 2.65 bits per heavy atom. The van der Waals surface area contributed by atoms with Crippen LogP contribution in [0.2, 0.25) is 5.02 Å². The van der Waals surface area contributed by atoms with Crippen LogP contribution in [0.5, 0.6) is 0 Å². The number of benzene rings is 1. The van der Waals surface area contributed by atoms with E-state index >= 15 is 0 Å². The lowest BCUT2D eigenvalue weighted by atomic mass is 10.2. The Morgan fingerprint density at radius 2 is 2.00 bits per heavy atom. The zero-order chi connectivity index (χ0) is 18.9. The molecule has 0 bridgehead atoms. The van der Waals surface area contributed by atoms with Crippen molar-refractivity contribution in [2.45, 2.75) is 26.2 Å². The van der Waals surface area contributed by atoms with Gasteiger partial charge in [-0.3, -0.25) is 4.79 Å². The predicted molar refractivity (Wildman–Crippen MR) is 103 cm³/mol. The molecule has 0 aliphatic carbocycles. The lowest BCUT2D eigenvalue weighted by Crippen LogP contribution is -2.15. The fourth-order valence-corrected chi connectivity index (χ4v) is 2.46. The van der Waals surface area contributed by atoms with Crippen LogP contribution in [-0.2, 0) is 4.74 Å². The maximum Gasteiger partial charge on any atom is 0.337 e. The van der Waals surface area contributed by atoms with Gasteiger partial charge in [-0.2, -0.15) is 0 Å². The number of hydrogen-bond donors (Lipinski definition) is 2. The molecule has 0 spiro atoms. The van der Waals surface area contributed by atoms with Crippen molar-refractivity contribution in [3.8, 4) is 0 Å². The highest BCUT2D eigenvalue weighted by Gasteiger charge is 2.13. The van der Waals surface area contributed by atoms with E-state index in [1.165, 1.54) is 38.2 Å². The van der Waals surface area contributed by atoms with E-state index in [0.29, 0.717) is 16.3 Å². The van der Waals surface area contributed by atoms with Crippen LogP contribution in [0.3, 0.4) is 0 Å². The molecule has 0 radical (unpaired) electrons. The van der Waals surface area contributed by atoms with Crippen LogP contribution in [0.25, 0.3) is 0 Å². The first-order valence-electron chi connectivity index (χ1n) is 8.44. The van der Waals surface area contributed by atoms with Gasteiger partial charge in [0, 0.05) is 6.54 Å². The number of hydrogen-bond acceptors (Lipinski definition) is 5. The Balaban J connectivity index is 2.02.